The molecule has 1 aromatic heterocycles. The molecule has 0 bridgehead atoms. The summed E-state index contributed by atoms with van der Waals surface area (Å²) in [5, 5.41) is -1.29. The summed E-state index contributed by atoms with van der Waals surface area (Å²) in [4.78, 5) is 14.7. The average Bonchev–Trinajstić information content (AvgIpc) is 3.17. The summed E-state index contributed by atoms with van der Waals surface area (Å²) in [5.41, 5.74) is 0.736. The number of aromatic nitrogens is 2. The van der Waals surface area contributed by atoms with Crippen LogP contribution < -0.4 is 0 Å². The first kappa shape index (κ1) is 25.0. The first-order chi connectivity index (χ1) is 17.2. The Kier molecular flexibility index (Phi) is 7.12. The van der Waals surface area contributed by atoms with Crippen LogP contribution in [0.15, 0.2) is 78.9 Å². The molecule has 4 aromatic carbocycles. The van der Waals surface area contributed by atoms with Gasteiger partial charge in [0.2, 0.25) is 0 Å². The Labute approximate surface area is 205 Å². The molecular formula is C26H13ClF6N2O. The van der Waals surface area contributed by atoms with Gasteiger partial charge >= 0.3 is 0 Å². The zero-order chi connectivity index (χ0) is 26.0. The van der Waals surface area contributed by atoms with E-state index in [0.29, 0.717) is 41.0 Å². The molecule has 0 aliphatic heterocycles. The summed E-state index contributed by atoms with van der Waals surface area (Å²) >= 11 is 4.82. The van der Waals surface area contributed by atoms with E-state index in [-0.39, 0.29) is 11.4 Å². The van der Waals surface area contributed by atoms with Crippen molar-refractivity contribution in [2.24, 2.45) is 0 Å². The topological polar surface area (TPSA) is 34.9 Å². The third-order valence-electron chi connectivity index (χ3n) is 5.01. The summed E-state index contributed by atoms with van der Waals surface area (Å²) in [5.74, 6) is -6.53. The highest BCUT2D eigenvalue weighted by Crippen LogP contribution is 2.32. The van der Waals surface area contributed by atoms with Crippen molar-refractivity contribution in [3.8, 4) is 17.1 Å². The van der Waals surface area contributed by atoms with Crippen molar-refractivity contribution in [3.05, 3.63) is 119 Å². The third-order valence-corrected chi connectivity index (χ3v) is 5.20. The van der Waals surface area contributed by atoms with E-state index in [1.807, 2.05) is 42.5 Å². The molecule has 0 atom stereocenters. The Morgan fingerprint density at radius 2 is 1.19 bits per heavy atom. The van der Waals surface area contributed by atoms with Crippen LogP contribution in [0.4, 0.5) is 26.3 Å². The van der Waals surface area contributed by atoms with Crippen molar-refractivity contribution >= 4 is 27.9 Å². The van der Waals surface area contributed by atoms with Gasteiger partial charge in [0.1, 0.15) is 40.5 Å². The number of fused-ring (bicyclic) bond motifs is 1. The zero-order valence-corrected chi connectivity index (χ0v) is 18.7. The van der Waals surface area contributed by atoms with Crippen LogP contribution in [-0.4, -0.2) is 14.8 Å². The quantitative estimate of drug-likeness (QED) is 0.182. The van der Waals surface area contributed by atoms with Crippen LogP contribution in [0.2, 0.25) is 0 Å². The number of nitrogens with zero attached hydrogens (tertiary/aromatic N) is 2. The monoisotopic (exact) mass is 518 g/mol. The molecule has 0 fully saturated rings. The van der Waals surface area contributed by atoms with Gasteiger partial charge in [-0.2, -0.15) is 0 Å². The van der Waals surface area contributed by atoms with Gasteiger partial charge < -0.3 is 0 Å². The fraction of sp³-hybridized carbons (Fsp3) is 0. The van der Waals surface area contributed by atoms with Crippen LogP contribution in [0.3, 0.4) is 0 Å². The normalized spacial score (nSPS) is 10.8. The Morgan fingerprint density at radius 1 is 0.694 bits per heavy atom. The number of rotatable bonds is 3. The van der Waals surface area contributed by atoms with E-state index in [2.05, 4.69) is 4.98 Å². The molecule has 10 heteroatoms. The van der Waals surface area contributed by atoms with Crippen molar-refractivity contribution in [2.45, 2.75) is 0 Å². The molecule has 0 saturated heterocycles. The van der Waals surface area contributed by atoms with Gasteiger partial charge in [0.15, 0.2) is 5.82 Å². The minimum absolute atomic E-state index is 0.0948. The minimum Gasteiger partial charge on any atom is -0.292 e. The van der Waals surface area contributed by atoms with Crippen LogP contribution in [0.1, 0.15) is 10.4 Å². The van der Waals surface area contributed by atoms with Gasteiger partial charge in [-0.3, -0.25) is 9.36 Å². The predicted molar refractivity (Wildman–Crippen MR) is 123 cm³/mol. The highest BCUT2D eigenvalue weighted by molar-refractivity contribution is 6.67. The second-order valence-corrected chi connectivity index (χ2v) is 7.70. The van der Waals surface area contributed by atoms with E-state index in [9.17, 15) is 31.1 Å². The van der Waals surface area contributed by atoms with E-state index in [1.54, 1.807) is 16.7 Å². The zero-order valence-electron chi connectivity index (χ0n) is 18.0. The largest absolute Gasteiger partial charge is 0.292 e. The smallest absolute Gasteiger partial charge is 0.258 e. The molecule has 5 rings (SSSR count). The van der Waals surface area contributed by atoms with Crippen LogP contribution in [0, 0.1) is 34.9 Å². The summed E-state index contributed by atoms with van der Waals surface area (Å²) < 4.78 is 80.9. The molecule has 1 heterocycles. The van der Waals surface area contributed by atoms with E-state index in [1.165, 1.54) is 0 Å². The minimum atomic E-state index is -1.30. The molecule has 182 valence electrons. The average molecular weight is 519 g/mol. The molecule has 0 N–H and O–H groups in total. The lowest BCUT2D eigenvalue weighted by molar-refractivity contribution is 0.107. The van der Waals surface area contributed by atoms with Crippen molar-refractivity contribution in [1.29, 1.82) is 0 Å². The molecule has 5 aromatic rings. The number of carbonyl (C=O) groups excluding carboxylic acids is 1. The van der Waals surface area contributed by atoms with Gasteiger partial charge in [-0.15, -0.1) is 0 Å². The lowest BCUT2D eigenvalue weighted by Gasteiger charge is -2.10. The molecule has 3 nitrogen and oxygen atoms in total. The first-order valence-electron chi connectivity index (χ1n) is 10.2. The van der Waals surface area contributed by atoms with Gasteiger partial charge in [0.25, 0.3) is 5.24 Å². The van der Waals surface area contributed by atoms with Crippen molar-refractivity contribution in [1.82, 2.24) is 9.55 Å². The number of carbonyl (C=O) groups is 1. The van der Waals surface area contributed by atoms with E-state index in [0.717, 1.165) is 0 Å². The summed E-state index contributed by atoms with van der Waals surface area (Å²) in [6.45, 7) is 0. The second kappa shape index (κ2) is 10.2. The van der Waals surface area contributed by atoms with Gasteiger partial charge in [-0.05, 0) is 35.9 Å². The fourth-order valence-corrected chi connectivity index (χ4v) is 3.70. The Morgan fingerprint density at radius 3 is 1.75 bits per heavy atom. The molecule has 0 aliphatic rings. The van der Waals surface area contributed by atoms with Crippen LogP contribution in [0.5, 0.6) is 0 Å². The van der Waals surface area contributed by atoms with Gasteiger partial charge in [-0.1, -0.05) is 30.3 Å². The number of hydrogen-bond acceptors (Lipinski definition) is 2. The molecule has 0 amide bonds. The maximum atomic E-state index is 14.3. The fourth-order valence-electron chi connectivity index (χ4n) is 3.52. The Balaban J connectivity index is 0.000000214. The number of imidazole rings is 1. The van der Waals surface area contributed by atoms with Crippen LogP contribution >= 0.6 is 11.6 Å². The lowest BCUT2D eigenvalue weighted by atomic mass is 10.1. The Bertz CT molecular complexity index is 1540. The van der Waals surface area contributed by atoms with Gasteiger partial charge in [-0.25, -0.2) is 31.3 Å². The molecule has 0 saturated carbocycles. The molecule has 36 heavy (non-hydrogen) atoms. The van der Waals surface area contributed by atoms with E-state index >= 15 is 0 Å². The summed E-state index contributed by atoms with van der Waals surface area (Å²) in [7, 11) is 0. The van der Waals surface area contributed by atoms with E-state index in [4.69, 9.17) is 11.6 Å². The summed E-state index contributed by atoms with van der Waals surface area (Å²) in [6.07, 6.45) is 0. The maximum Gasteiger partial charge on any atom is 0.258 e. The third kappa shape index (κ3) is 4.96. The van der Waals surface area contributed by atoms with E-state index < -0.39 is 45.7 Å². The molecule has 0 radical (unpaired) electrons. The van der Waals surface area contributed by atoms with Crippen molar-refractivity contribution in [3.63, 3.8) is 0 Å². The molecule has 0 spiro atoms. The van der Waals surface area contributed by atoms with Gasteiger partial charge in [0.05, 0.1) is 16.6 Å². The summed E-state index contributed by atoms with van der Waals surface area (Å²) in [6, 6.07) is 18.4. The number of hydrogen-bond donors (Lipinski definition) is 0. The Hall–Kier alpha value is -4.11. The first-order valence-corrected chi connectivity index (χ1v) is 10.6. The second-order valence-electron chi connectivity index (χ2n) is 7.36. The van der Waals surface area contributed by atoms with Crippen LogP contribution in [-0.2, 0) is 0 Å². The SMILES string of the molecule is Fc1cc(F)c(-c2nc3ccccc3n2-c2ccccc2)c(F)c1.O=C(Cl)c1c(F)cc(F)cc1F. The van der Waals surface area contributed by atoms with Crippen molar-refractivity contribution in [2.75, 3.05) is 0 Å². The number of halogens is 7. The molecule has 0 unspecified atom stereocenters. The lowest BCUT2D eigenvalue weighted by Crippen LogP contribution is -2.01. The molecular weight excluding hydrogens is 506 g/mol. The highest BCUT2D eigenvalue weighted by atomic mass is 35.5. The van der Waals surface area contributed by atoms with Gasteiger partial charge in [0, 0.05) is 30.0 Å². The number of para-hydroxylation sites is 3. The number of benzene rings is 4. The van der Waals surface area contributed by atoms with Crippen molar-refractivity contribution < 1.29 is 31.1 Å². The standard InChI is InChI=1S/C19H11F3N2.C7H2ClF3O/c20-12-10-14(21)18(15(22)11-12)19-23-16-8-4-5-9-17(16)24(19)13-6-2-1-3-7-13;8-7(12)6-4(10)1-3(9)2-5(6)11/h1-11H;1-2H. The highest BCUT2D eigenvalue weighted by Gasteiger charge is 2.21. The molecule has 0 aliphatic carbocycles. The predicted octanol–water partition coefficient (Wildman–Crippen LogP) is 7.59. The maximum absolute atomic E-state index is 14.3. The van der Waals surface area contributed by atoms with Crippen LogP contribution in [0.25, 0.3) is 28.1 Å².